The second-order valence-corrected chi connectivity index (χ2v) is 8.33. The van der Waals surface area contributed by atoms with E-state index in [0.717, 1.165) is 31.2 Å². The van der Waals surface area contributed by atoms with Crippen LogP contribution in [0, 0.1) is 0 Å². The van der Waals surface area contributed by atoms with Gasteiger partial charge in [0.1, 0.15) is 5.69 Å². The summed E-state index contributed by atoms with van der Waals surface area (Å²) in [5.41, 5.74) is 1.28. The number of nitrogens with zero attached hydrogens (tertiary/aromatic N) is 1. The molecule has 1 heterocycles. The zero-order chi connectivity index (χ0) is 22.5. The number of pyridine rings is 1. The minimum atomic E-state index is -0.690. The van der Waals surface area contributed by atoms with E-state index in [-0.39, 0.29) is 29.8 Å². The van der Waals surface area contributed by atoms with Crippen molar-refractivity contribution in [2.24, 2.45) is 7.05 Å². The number of rotatable bonds is 5. The van der Waals surface area contributed by atoms with Crippen LogP contribution >= 0.6 is 0 Å². The molecule has 1 amide bonds. The molecule has 166 valence electrons. The lowest BCUT2D eigenvalue weighted by atomic mass is 9.97. The number of aromatic nitrogens is 1. The molecule has 6 nitrogen and oxygen atoms in total. The normalized spacial score (nSPS) is 14.7. The van der Waals surface area contributed by atoms with Gasteiger partial charge in [-0.05, 0) is 29.9 Å². The first-order valence-corrected chi connectivity index (χ1v) is 11.2. The smallest absolute Gasteiger partial charge is 0.356 e. The Bertz CT molecular complexity index is 1180. The lowest BCUT2D eigenvalue weighted by molar-refractivity contribution is -0.125. The Morgan fingerprint density at radius 3 is 2.25 bits per heavy atom. The number of carbonyl (C=O) groups excluding carboxylic acids is 2. The Morgan fingerprint density at radius 2 is 1.56 bits per heavy atom. The molecule has 3 aromatic rings. The topological polar surface area (TPSA) is 77.4 Å². The van der Waals surface area contributed by atoms with Crippen molar-refractivity contribution in [3.63, 3.8) is 0 Å². The number of benzene rings is 2. The molecule has 0 unspecified atom stereocenters. The molecule has 6 heteroatoms. The van der Waals surface area contributed by atoms with E-state index in [9.17, 15) is 14.4 Å². The molecule has 1 fully saturated rings. The van der Waals surface area contributed by atoms with Crippen LogP contribution in [0.3, 0.4) is 0 Å². The van der Waals surface area contributed by atoms with Crippen LogP contribution in [0.2, 0.25) is 0 Å². The highest BCUT2D eigenvalue weighted by atomic mass is 16.5. The second-order valence-electron chi connectivity index (χ2n) is 8.33. The SMILES string of the molecule is Cn1c(C(=O)OCC(=O)NC2CCCCCC2)c(-c2ccccc2)c2ccccc2c1=O. The number of fused-ring (bicyclic) bond motifs is 1. The van der Waals surface area contributed by atoms with E-state index in [1.807, 2.05) is 42.5 Å². The van der Waals surface area contributed by atoms with E-state index in [4.69, 9.17) is 4.74 Å². The summed E-state index contributed by atoms with van der Waals surface area (Å²) in [5.74, 6) is -0.998. The highest BCUT2D eigenvalue weighted by Gasteiger charge is 2.24. The Hall–Kier alpha value is -3.41. The summed E-state index contributed by atoms with van der Waals surface area (Å²) >= 11 is 0. The molecule has 0 saturated heterocycles. The summed E-state index contributed by atoms with van der Waals surface area (Å²) < 4.78 is 6.71. The molecule has 0 radical (unpaired) electrons. The van der Waals surface area contributed by atoms with Crippen molar-refractivity contribution < 1.29 is 14.3 Å². The summed E-state index contributed by atoms with van der Waals surface area (Å²) in [5, 5.41) is 4.18. The number of esters is 1. The van der Waals surface area contributed by atoms with Crippen LogP contribution in [0.1, 0.15) is 49.0 Å². The van der Waals surface area contributed by atoms with Gasteiger partial charge in [-0.2, -0.15) is 0 Å². The van der Waals surface area contributed by atoms with Crippen molar-refractivity contribution in [2.75, 3.05) is 6.61 Å². The highest BCUT2D eigenvalue weighted by molar-refractivity contribution is 6.06. The molecule has 4 rings (SSSR count). The third-order valence-electron chi connectivity index (χ3n) is 6.11. The van der Waals surface area contributed by atoms with E-state index >= 15 is 0 Å². The predicted molar refractivity (Wildman–Crippen MR) is 125 cm³/mol. The van der Waals surface area contributed by atoms with Crippen LogP contribution in [0.25, 0.3) is 21.9 Å². The van der Waals surface area contributed by atoms with Crippen LogP contribution in [-0.2, 0) is 16.6 Å². The molecule has 1 N–H and O–H groups in total. The Morgan fingerprint density at radius 1 is 0.938 bits per heavy atom. The first kappa shape index (κ1) is 21.8. The van der Waals surface area contributed by atoms with Gasteiger partial charge in [0.2, 0.25) is 0 Å². The van der Waals surface area contributed by atoms with Gasteiger partial charge in [-0.3, -0.25) is 9.59 Å². The fourth-order valence-corrected chi connectivity index (χ4v) is 4.49. The molecule has 2 aromatic carbocycles. The van der Waals surface area contributed by atoms with Crippen molar-refractivity contribution in [2.45, 2.75) is 44.6 Å². The molecule has 0 aliphatic heterocycles. The maximum atomic E-state index is 13.1. The van der Waals surface area contributed by atoms with E-state index in [1.165, 1.54) is 17.4 Å². The van der Waals surface area contributed by atoms with Gasteiger partial charge in [0.15, 0.2) is 6.61 Å². The molecule has 0 spiro atoms. The zero-order valence-corrected chi connectivity index (χ0v) is 18.3. The predicted octanol–water partition coefficient (Wildman–Crippen LogP) is 4.20. The second kappa shape index (κ2) is 9.81. The largest absolute Gasteiger partial charge is 0.451 e. The number of carbonyl (C=O) groups is 2. The minimum Gasteiger partial charge on any atom is -0.451 e. The fourth-order valence-electron chi connectivity index (χ4n) is 4.49. The molecular weight excluding hydrogens is 404 g/mol. The average Bonchev–Trinajstić information content (AvgIpc) is 3.09. The molecule has 1 saturated carbocycles. The fraction of sp³-hybridized carbons (Fsp3) is 0.346. The van der Waals surface area contributed by atoms with Crippen molar-refractivity contribution in [3.8, 4) is 11.1 Å². The number of ether oxygens (including phenoxy) is 1. The third kappa shape index (κ3) is 4.59. The first-order valence-electron chi connectivity index (χ1n) is 11.2. The summed E-state index contributed by atoms with van der Waals surface area (Å²) in [4.78, 5) is 38.5. The molecule has 32 heavy (non-hydrogen) atoms. The summed E-state index contributed by atoms with van der Waals surface area (Å²) in [6, 6.07) is 16.8. The average molecular weight is 433 g/mol. The van der Waals surface area contributed by atoms with Gasteiger partial charge in [-0.25, -0.2) is 4.79 Å². The Kier molecular flexibility index (Phi) is 6.69. The Balaban J connectivity index is 1.63. The number of hydrogen-bond donors (Lipinski definition) is 1. The van der Waals surface area contributed by atoms with E-state index < -0.39 is 5.97 Å². The summed E-state index contributed by atoms with van der Waals surface area (Å²) in [6.07, 6.45) is 6.50. The van der Waals surface area contributed by atoms with Gasteiger partial charge in [-0.1, -0.05) is 74.2 Å². The molecule has 0 atom stereocenters. The van der Waals surface area contributed by atoms with Gasteiger partial charge in [0, 0.05) is 24.0 Å². The lowest BCUT2D eigenvalue weighted by Crippen LogP contribution is -2.37. The van der Waals surface area contributed by atoms with Gasteiger partial charge in [0.05, 0.1) is 0 Å². The standard InChI is InChI=1S/C26H28N2O4/c1-28-24(26(31)32-17-22(29)27-19-13-7-2-3-8-14-19)23(18-11-5-4-6-12-18)20-15-9-10-16-21(20)25(28)30/h4-6,9-12,15-16,19H,2-3,7-8,13-14,17H2,1H3,(H,27,29). The van der Waals surface area contributed by atoms with Crippen LogP contribution in [0.4, 0.5) is 0 Å². The minimum absolute atomic E-state index is 0.133. The molecular formula is C26H28N2O4. The van der Waals surface area contributed by atoms with Crippen molar-refractivity contribution in [3.05, 3.63) is 70.6 Å². The van der Waals surface area contributed by atoms with Gasteiger partial charge < -0.3 is 14.6 Å². The maximum Gasteiger partial charge on any atom is 0.356 e. The third-order valence-corrected chi connectivity index (χ3v) is 6.11. The van der Waals surface area contributed by atoms with Crippen LogP contribution in [-0.4, -0.2) is 29.1 Å². The Labute approximate surface area is 187 Å². The molecule has 0 bridgehead atoms. The van der Waals surface area contributed by atoms with E-state index in [1.54, 1.807) is 19.2 Å². The number of nitrogens with one attached hydrogen (secondary N) is 1. The van der Waals surface area contributed by atoms with Gasteiger partial charge in [-0.15, -0.1) is 0 Å². The quantitative estimate of drug-likeness (QED) is 0.484. The van der Waals surface area contributed by atoms with Crippen molar-refractivity contribution >= 4 is 22.6 Å². The van der Waals surface area contributed by atoms with E-state index in [0.29, 0.717) is 16.3 Å². The first-order chi connectivity index (χ1) is 15.6. The van der Waals surface area contributed by atoms with Gasteiger partial charge >= 0.3 is 5.97 Å². The van der Waals surface area contributed by atoms with Crippen LogP contribution in [0.15, 0.2) is 59.4 Å². The number of hydrogen-bond acceptors (Lipinski definition) is 4. The monoisotopic (exact) mass is 432 g/mol. The van der Waals surface area contributed by atoms with Gasteiger partial charge in [0.25, 0.3) is 11.5 Å². The summed E-state index contributed by atoms with van der Waals surface area (Å²) in [7, 11) is 1.56. The van der Waals surface area contributed by atoms with Crippen molar-refractivity contribution in [1.29, 1.82) is 0 Å². The maximum absolute atomic E-state index is 13.1. The molecule has 1 aliphatic carbocycles. The van der Waals surface area contributed by atoms with E-state index in [2.05, 4.69) is 5.32 Å². The van der Waals surface area contributed by atoms with Crippen LogP contribution < -0.4 is 10.9 Å². The number of amides is 1. The zero-order valence-electron chi connectivity index (χ0n) is 18.3. The van der Waals surface area contributed by atoms with Crippen molar-refractivity contribution in [1.82, 2.24) is 9.88 Å². The van der Waals surface area contributed by atoms with Crippen LogP contribution in [0.5, 0.6) is 0 Å². The molecule has 1 aliphatic rings. The highest BCUT2D eigenvalue weighted by Crippen LogP contribution is 2.30. The lowest BCUT2D eigenvalue weighted by Gasteiger charge is -2.18. The summed E-state index contributed by atoms with van der Waals surface area (Å²) in [6.45, 7) is -0.370. The molecule has 1 aromatic heterocycles.